The van der Waals surface area contributed by atoms with Crippen molar-refractivity contribution in [1.29, 1.82) is 26.5 Å². The number of nitriles is 4. The molecule has 4 atom stereocenters. The molecule has 2 saturated heterocycles. The average Bonchev–Trinajstić information content (AvgIpc) is 2.97. The highest BCUT2D eigenvalue weighted by Gasteiger charge is 2.79. The van der Waals surface area contributed by atoms with Crippen molar-refractivity contribution in [2.75, 3.05) is 0 Å². The Morgan fingerprint density at radius 1 is 0.867 bits per heavy atom. The fraction of sp³-hybridized carbons (Fsp3) is 0.261. The van der Waals surface area contributed by atoms with Crippen LogP contribution < -0.4 is 0 Å². The van der Waals surface area contributed by atoms with Gasteiger partial charge in [-0.3, -0.25) is 5.41 Å². The molecule has 1 N–H and O–H groups in total. The predicted octanol–water partition coefficient (Wildman–Crippen LogP) is 3.68. The summed E-state index contributed by atoms with van der Waals surface area (Å²) < 4.78 is 12.0. The fourth-order valence-electron chi connectivity index (χ4n) is 4.67. The van der Waals surface area contributed by atoms with Crippen LogP contribution in [-0.2, 0) is 9.47 Å². The lowest BCUT2D eigenvalue weighted by Crippen LogP contribution is -2.57. The summed E-state index contributed by atoms with van der Waals surface area (Å²) in [6.07, 6.45) is -1.16. The van der Waals surface area contributed by atoms with Gasteiger partial charge in [0, 0.05) is 6.92 Å². The Morgan fingerprint density at radius 3 is 2.03 bits per heavy atom. The van der Waals surface area contributed by atoms with Crippen LogP contribution in [0.3, 0.4) is 0 Å². The molecule has 2 aliphatic rings. The number of nitrogens with one attached hydrogen (secondary N) is 1. The van der Waals surface area contributed by atoms with Gasteiger partial charge in [-0.25, -0.2) is 0 Å². The normalized spacial score (nSPS) is 30.8. The van der Waals surface area contributed by atoms with Crippen LogP contribution in [0.4, 0.5) is 0 Å². The van der Waals surface area contributed by atoms with E-state index in [2.05, 4.69) is 6.07 Å². The minimum absolute atomic E-state index is 0.407. The summed E-state index contributed by atoms with van der Waals surface area (Å²) in [4.78, 5) is 0. The Balaban J connectivity index is 2.01. The van der Waals surface area contributed by atoms with Gasteiger partial charge in [0.1, 0.15) is 6.10 Å². The lowest BCUT2D eigenvalue weighted by Gasteiger charge is -2.48. The van der Waals surface area contributed by atoms with E-state index < -0.39 is 34.5 Å². The van der Waals surface area contributed by atoms with Crippen molar-refractivity contribution in [3.05, 3.63) is 71.3 Å². The molecule has 0 saturated carbocycles. The molecule has 30 heavy (non-hydrogen) atoms. The number of benzene rings is 2. The van der Waals surface area contributed by atoms with Gasteiger partial charge in [0.25, 0.3) is 0 Å². The second-order valence-corrected chi connectivity index (χ2v) is 7.47. The molecule has 4 rings (SSSR count). The van der Waals surface area contributed by atoms with Gasteiger partial charge in [0.05, 0.1) is 35.8 Å². The molecule has 2 bridgehead atoms. The Kier molecular flexibility index (Phi) is 4.11. The molecule has 7 nitrogen and oxygen atoms in total. The topological polar surface area (TPSA) is 137 Å². The minimum Gasteiger partial charge on any atom is -0.447 e. The Labute approximate surface area is 173 Å². The average molecular weight is 393 g/mol. The molecule has 2 heterocycles. The van der Waals surface area contributed by atoms with Crippen molar-refractivity contribution in [3.63, 3.8) is 0 Å². The Bertz CT molecular complexity index is 1180. The molecular formula is C23H15N5O2. The third-order valence-corrected chi connectivity index (χ3v) is 5.99. The van der Waals surface area contributed by atoms with Crippen LogP contribution >= 0.6 is 0 Å². The lowest BCUT2D eigenvalue weighted by molar-refractivity contribution is -0.253. The van der Waals surface area contributed by atoms with E-state index in [0.717, 1.165) is 0 Å². The van der Waals surface area contributed by atoms with Crippen LogP contribution in [0.25, 0.3) is 0 Å². The van der Waals surface area contributed by atoms with Crippen molar-refractivity contribution in [2.45, 2.75) is 24.7 Å². The van der Waals surface area contributed by atoms with E-state index in [-0.39, 0.29) is 0 Å². The van der Waals surface area contributed by atoms with Gasteiger partial charge in [-0.2, -0.15) is 21.0 Å². The summed E-state index contributed by atoms with van der Waals surface area (Å²) in [7, 11) is 0. The third kappa shape index (κ3) is 2.16. The summed E-state index contributed by atoms with van der Waals surface area (Å²) in [6, 6.07) is 23.4. The Morgan fingerprint density at radius 2 is 1.50 bits per heavy atom. The molecule has 7 heteroatoms. The molecule has 2 fully saturated rings. The van der Waals surface area contributed by atoms with Gasteiger partial charge in [0.2, 0.25) is 17.1 Å². The SMILES string of the molecule is CC12OC(=N)C(C#N)(C1c1ccccc1)C(C#N)(C#N)C(c1ccc(C#N)cc1)O2. The van der Waals surface area contributed by atoms with Crippen LogP contribution in [0.5, 0.6) is 0 Å². The fourth-order valence-corrected chi connectivity index (χ4v) is 4.67. The predicted molar refractivity (Wildman–Crippen MR) is 103 cm³/mol. The van der Waals surface area contributed by atoms with Crippen molar-refractivity contribution in [3.8, 4) is 24.3 Å². The van der Waals surface area contributed by atoms with E-state index in [4.69, 9.17) is 20.1 Å². The van der Waals surface area contributed by atoms with Crippen LogP contribution in [0.15, 0.2) is 54.6 Å². The zero-order valence-electron chi connectivity index (χ0n) is 16.0. The highest BCUT2D eigenvalue weighted by Crippen LogP contribution is 2.69. The second-order valence-electron chi connectivity index (χ2n) is 7.47. The molecular weight excluding hydrogens is 378 g/mol. The maximum Gasteiger partial charge on any atom is 0.218 e. The van der Waals surface area contributed by atoms with E-state index in [1.165, 1.54) is 0 Å². The monoisotopic (exact) mass is 393 g/mol. The quantitative estimate of drug-likeness (QED) is 0.826. The maximum atomic E-state index is 10.4. The highest BCUT2D eigenvalue weighted by molar-refractivity contribution is 5.90. The summed E-state index contributed by atoms with van der Waals surface area (Å²) in [5, 5.41) is 48.5. The smallest absolute Gasteiger partial charge is 0.218 e. The number of hydrogen-bond acceptors (Lipinski definition) is 7. The number of rotatable bonds is 2. The van der Waals surface area contributed by atoms with Crippen LogP contribution in [0, 0.1) is 61.6 Å². The zero-order valence-corrected chi connectivity index (χ0v) is 16.0. The van der Waals surface area contributed by atoms with Crippen molar-refractivity contribution in [2.24, 2.45) is 10.8 Å². The van der Waals surface area contributed by atoms with Gasteiger partial charge >= 0.3 is 0 Å². The van der Waals surface area contributed by atoms with E-state index in [1.54, 1.807) is 55.5 Å². The van der Waals surface area contributed by atoms with Crippen molar-refractivity contribution >= 4 is 5.90 Å². The van der Waals surface area contributed by atoms with E-state index in [1.807, 2.05) is 24.3 Å². The zero-order chi connectivity index (χ0) is 21.6. The summed E-state index contributed by atoms with van der Waals surface area (Å²) >= 11 is 0. The number of fused-ring (bicyclic) bond motifs is 2. The van der Waals surface area contributed by atoms with Gasteiger partial charge < -0.3 is 9.47 Å². The van der Waals surface area contributed by atoms with Gasteiger partial charge in [-0.05, 0) is 23.3 Å². The summed E-state index contributed by atoms with van der Waals surface area (Å²) in [6.45, 7) is 1.62. The van der Waals surface area contributed by atoms with Gasteiger partial charge in [0.15, 0.2) is 5.41 Å². The number of ether oxygens (including phenoxy) is 2. The largest absolute Gasteiger partial charge is 0.447 e. The molecule has 0 radical (unpaired) electrons. The summed E-state index contributed by atoms with van der Waals surface area (Å²) in [5.41, 5.74) is -2.44. The first-order valence-electron chi connectivity index (χ1n) is 9.17. The molecule has 2 aromatic rings. The van der Waals surface area contributed by atoms with Crippen LogP contribution in [0.1, 0.15) is 35.6 Å². The van der Waals surface area contributed by atoms with Crippen molar-refractivity contribution < 1.29 is 9.47 Å². The number of nitrogens with zero attached hydrogens (tertiary/aromatic N) is 4. The highest BCUT2D eigenvalue weighted by atomic mass is 16.7. The van der Waals surface area contributed by atoms with Gasteiger partial charge in [-0.15, -0.1) is 0 Å². The van der Waals surface area contributed by atoms with E-state index >= 15 is 0 Å². The molecule has 0 spiro atoms. The molecule has 2 aromatic carbocycles. The van der Waals surface area contributed by atoms with Gasteiger partial charge in [-0.1, -0.05) is 42.5 Å². The molecule has 2 aliphatic heterocycles. The molecule has 0 aromatic heterocycles. The molecule has 4 unspecified atom stereocenters. The van der Waals surface area contributed by atoms with Crippen LogP contribution in [0.2, 0.25) is 0 Å². The Hall–Kier alpha value is -4.17. The first kappa shape index (κ1) is 19.2. The molecule has 144 valence electrons. The van der Waals surface area contributed by atoms with E-state index in [0.29, 0.717) is 16.7 Å². The molecule has 0 amide bonds. The van der Waals surface area contributed by atoms with E-state index in [9.17, 15) is 15.8 Å². The standard InChI is InChI=1S/C23H15N5O2/c1-21-18(16-5-3-2-4-6-16)23(14-27,20(28)30-21)22(12-25,13-26)19(29-21)17-9-7-15(11-24)8-10-17/h2-10,18-19,28H,1H3. The second kappa shape index (κ2) is 6.43. The maximum absolute atomic E-state index is 10.4. The summed E-state index contributed by atoms with van der Waals surface area (Å²) in [5.74, 6) is -2.76. The first-order valence-corrected chi connectivity index (χ1v) is 9.17. The van der Waals surface area contributed by atoms with Crippen LogP contribution in [-0.4, -0.2) is 11.7 Å². The number of hydrogen-bond donors (Lipinski definition) is 1. The van der Waals surface area contributed by atoms with Crippen molar-refractivity contribution in [1.82, 2.24) is 0 Å². The third-order valence-electron chi connectivity index (χ3n) is 5.99. The first-order chi connectivity index (χ1) is 14.4. The minimum atomic E-state index is -2.05. The molecule has 0 aliphatic carbocycles. The lowest BCUT2D eigenvalue weighted by atomic mass is 9.52.